The zero-order valence-electron chi connectivity index (χ0n) is 10.5. The lowest BCUT2D eigenvalue weighted by atomic mass is 10.0. The van der Waals surface area contributed by atoms with Crippen LogP contribution in [0.2, 0.25) is 10.0 Å². The predicted octanol–water partition coefficient (Wildman–Crippen LogP) is 2.14. The van der Waals surface area contributed by atoms with Gasteiger partial charge in [-0.25, -0.2) is 0 Å². The van der Waals surface area contributed by atoms with Crippen LogP contribution in [0.15, 0.2) is 18.2 Å². The molecule has 1 aliphatic heterocycles. The summed E-state index contributed by atoms with van der Waals surface area (Å²) in [5.74, 6) is -0.381. The lowest BCUT2D eigenvalue weighted by Gasteiger charge is -2.19. The van der Waals surface area contributed by atoms with Crippen molar-refractivity contribution in [3.63, 3.8) is 0 Å². The Morgan fingerprint density at radius 3 is 2.74 bits per heavy atom. The van der Waals surface area contributed by atoms with Crippen LogP contribution in [0.1, 0.15) is 18.5 Å². The highest BCUT2D eigenvalue weighted by Gasteiger charge is 2.31. The SMILES string of the molecule is CC(NC(=O)C1COCC1N)c1ccc(Cl)c(Cl)c1. The van der Waals surface area contributed by atoms with Gasteiger partial charge in [0.1, 0.15) is 0 Å². The third-order valence-electron chi connectivity index (χ3n) is 3.26. The molecule has 1 aromatic rings. The van der Waals surface area contributed by atoms with Crippen molar-refractivity contribution in [1.29, 1.82) is 0 Å². The molecule has 3 N–H and O–H groups in total. The molecule has 6 heteroatoms. The Hall–Kier alpha value is -0.810. The second-order valence-corrected chi connectivity index (χ2v) is 5.53. The minimum Gasteiger partial charge on any atom is -0.379 e. The van der Waals surface area contributed by atoms with Crippen molar-refractivity contribution >= 4 is 29.1 Å². The standard InChI is InChI=1S/C13H16Cl2N2O2/c1-7(8-2-3-10(14)11(15)4-8)17-13(18)9-5-19-6-12(9)16/h2-4,7,9,12H,5-6,16H2,1H3,(H,17,18). The van der Waals surface area contributed by atoms with Crippen LogP contribution < -0.4 is 11.1 Å². The monoisotopic (exact) mass is 302 g/mol. The molecule has 0 aliphatic carbocycles. The Morgan fingerprint density at radius 1 is 1.42 bits per heavy atom. The molecule has 3 unspecified atom stereocenters. The summed E-state index contributed by atoms with van der Waals surface area (Å²) < 4.78 is 5.19. The maximum Gasteiger partial charge on any atom is 0.227 e. The minimum absolute atomic E-state index is 0.0939. The number of halogens is 2. The molecule has 2 rings (SSSR count). The minimum atomic E-state index is -0.287. The van der Waals surface area contributed by atoms with Crippen LogP contribution in [-0.4, -0.2) is 25.2 Å². The van der Waals surface area contributed by atoms with Crippen LogP contribution in [0.25, 0.3) is 0 Å². The molecular formula is C13H16Cl2N2O2. The highest BCUT2D eigenvalue weighted by molar-refractivity contribution is 6.42. The number of nitrogens with two attached hydrogens (primary N) is 1. The summed E-state index contributed by atoms with van der Waals surface area (Å²) in [5, 5.41) is 3.88. The largest absolute Gasteiger partial charge is 0.379 e. The average molecular weight is 303 g/mol. The summed E-state index contributed by atoms with van der Waals surface area (Å²) in [6.45, 7) is 2.69. The molecule has 0 bridgehead atoms. The van der Waals surface area contributed by atoms with Gasteiger partial charge in [-0.1, -0.05) is 29.3 Å². The van der Waals surface area contributed by atoms with E-state index in [1.54, 1.807) is 12.1 Å². The van der Waals surface area contributed by atoms with Crippen molar-refractivity contribution in [3.05, 3.63) is 33.8 Å². The van der Waals surface area contributed by atoms with Crippen molar-refractivity contribution < 1.29 is 9.53 Å². The highest BCUT2D eigenvalue weighted by Crippen LogP contribution is 2.25. The molecule has 3 atom stereocenters. The lowest BCUT2D eigenvalue weighted by molar-refractivity contribution is -0.125. The van der Waals surface area contributed by atoms with Gasteiger partial charge in [0.25, 0.3) is 0 Å². The second kappa shape index (κ2) is 6.09. The second-order valence-electron chi connectivity index (χ2n) is 4.71. The molecule has 1 saturated heterocycles. The van der Waals surface area contributed by atoms with Crippen LogP contribution in [0.5, 0.6) is 0 Å². The van der Waals surface area contributed by atoms with Gasteiger partial charge in [0.15, 0.2) is 0 Å². The molecule has 1 heterocycles. The predicted molar refractivity (Wildman–Crippen MR) is 75.3 cm³/mol. The summed E-state index contributed by atoms with van der Waals surface area (Å²) in [5.41, 5.74) is 6.71. The fourth-order valence-electron chi connectivity index (χ4n) is 2.03. The first-order chi connectivity index (χ1) is 8.99. The van der Waals surface area contributed by atoms with E-state index in [1.165, 1.54) is 0 Å². The van der Waals surface area contributed by atoms with Gasteiger partial charge in [-0.3, -0.25) is 4.79 Å². The van der Waals surface area contributed by atoms with Crippen molar-refractivity contribution in [1.82, 2.24) is 5.32 Å². The molecule has 0 saturated carbocycles. The first-order valence-electron chi connectivity index (χ1n) is 6.07. The van der Waals surface area contributed by atoms with Gasteiger partial charge in [-0.2, -0.15) is 0 Å². The van der Waals surface area contributed by atoms with Gasteiger partial charge in [-0.05, 0) is 24.6 Å². The third-order valence-corrected chi connectivity index (χ3v) is 4.00. The first kappa shape index (κ1) is 14.6. The van der Waals surface area contributed by atoms with Crippen LogP contribution in [0.3, 0.4) is 0 Å². The number of benzene rings is 1. The van der Waals surface area contributed by atoms with Crippen LogP contribution in [0, 0.1) is 5.92 Å². The van der Waals surface area contributed by atoms with E-state index >= 15 is 0 Å². The van der Waals surface area contributed by atoms with Gasteiger partial charge in [-0.15, -0.1) is 0 Å². The molecule has 1 fully saturated rings. The fourth-order valence-corrected chi connectivity index (χ4v) is 2.33. The molecule has 1 amide bonds. The van der Waals surface area contributed by atoms with Crippen LogP contribution in [0.4, 0.5) is 0 Å². The van der Waals surface area contributed by atoms with E-state index in [9.17, 15) is 4.79 Å². The normalized spacial score (nSPS) is 24.2. The number of carbonyl (C=O) groups excluding carboxylic acids is 1. The van der Waals surface area contributed by atoms with E-state index in [2.05, 4.69) is 5.32 Å². The summed E-state index contributed by atoms with van der Waals surface area (Å²) in [7, 11) is 0. The van der Waals surface area contributed by atoms with Crippen molar-refractivity contribution in [2.45, 2.75) is 19.0 Å². The first-order valence-corrected chi connectivity index (χ1v) is 6.83. The van der Waals surface area contributed by atoms with Crippen molar-refractivity contribution in [3.8, 4) is 0 Å². The Morgan fingerprint density at radius 2 is 2.16 bits per heavy atom. The number of nitrogens with one attached hydrogen (secondary N) is 1. The molecule has 0 spiro atoms. The van der Waals surface area contributed by atoms with Crippen LogP contribution in [-0.2, 0) is 9.53 Å². The molecule has 1 aromatic carbocycles. The number of ether oxygens (including phenoxy) is 1. The van der Waals surface area contributed by atoms with E-state index in [0.717, 1.165) is 5.56 Å². The van der Waals surface area contributed by atoms with Gasteiger partial charge in [0, 0.05) is 6.04 Å². The number of rotatable bonds is 3. The molecule has 4 nitrogen and oxygen atoms in total. The van der Waals surface area contributed by atoms with E-state index in [1.807, 2.05) is 13.0 Å². The Kier molecular flexibility index (Phi) is 4.68. The lowest BCUT2D eigenvalue weighted by Crippen LogP contribution is -2.41. The molecule has 19 heavy (non-hydrogen) atoms. The number of carbonyl (C=O) groups is 1. The maximum atomic E-state index is 12.1. The Labute approximate surface area is 122 Å². The summed E-state index contributed by atoms with van der Waals surface area (Å²) in [6.07, 6.45) is 0. The average Bonchev–Trinajstić information content (AvgIpc) is 2.79. The zero-order chi connectivity index (χ0) is 14.0. The number of hydrogen-bond acceptors (Lipinski definition) is 3. The van der Waals surface area contributed by atoms with Gasteiger partial charge in [0.05, 0.1) is 35.2 Å². The van der Waals surface area contributed by atoms with Crippen LogP contribution >= 0.6 is 23.2 Å². The molecular weight excluding hydrogens is 287 g/mol. The number of amides is 1. The third kappa shape index (κ3) is 3.39. The fraction of sp³-hybridized carbons (Fsp3) is 0.462. The van der Waals surface area contributed by atoms with Gasteiger partial charge < -0.3 is 15.8 Å². The van der Waals surface area contributed by atoms with E-state index in [0.29, 0.717) is 23.3 Å². The molecule has 0 radical (unpaired) electrons. The highest BCUT2D eigenvalue weighted by atomic mass is 35.5. The molecule has 0 aromatic heterocycles. The van der Waals surface area contributed by atoms with Crippen molar-refractivity contribution in [2.75, 3.05) is 13.2 Å². The summed E-state index contributed by atoms with van der Waals surface area (Å²) in [4.78, 5) is 12.1. The van der Waals surface area contributed by atoms with Crippen molar-refractivity contribution in [2.24, 2.45) is 11.7 Å². The van der Waals surface area contributed by atoms with Gasteiger partial charge >= 0.3 is 0 Å². The summed E-state index contributed by atoms with van der Waals surface area (Å²) >= 11 is 11.8. The topological polar surface area (TPSA) is 64.3 Å². The summed E-state index contributed by atoms with van der Waals surface area (Å²) in [6, 6.07) is 4.91. The van der Waals surface area contributed by atoms with E-state index in [-0.39, 0.29) is 23.9 Å². The van der Waals surface area contributed by atoms with E-state index < -0.39 is 0 Å². The smallest absolute Gasteiger partial charge is 0.227 e. The maximum absolute atomic E-state index is 12.1. The Bertz CT molecular complexity index is 482. The zero-order valence-corrected chi connectivity index (χ0v) is 12.0. The molecule has 1 aliphatic rings. The van der Waals surface area contributed by atoms with Gasteiger partial charge in [0.2, 0.25) is 5.91 Å². The Balaban J connectivity index is 2.02. The van der Waals surface area contributed by atoms with E-state index in [4.69, 9.17) is 33.7 Å². The molecule has 104 valence electrons. The quantitative estimate of drug-likeness (QED) is 0.899. The number of hydrogen-bond donors (Lipinski definition) is 2.